The van der Waals surface area contributed by atoms with E-state index >= 15 is 0 Å². The largest absolute Gasteiger partial charge is 0.381 e. The lowest BCUT2D eigenvalue weighted by molar-refractivity contribution is -0.135. The fourth-order valence-electron chi connectivity index (χ4n) is 3.21. The summed E-state index contributed by atoms with van der Waals surface area (Å²) in [5.74, 6) is 0.380. The molecule has 1 fully saturated rings. The van der Waals surface area contributed by atoms with Crippen LogP contribution < -0.4 is 11.1 Å². The molecule has 26 heavy (non-hydrogen) atoms. The number of hydrogen-bond acceptors (Lipinski definition) is 4. The lowest BCUT2D eigenvalue weighted by atomic mass is 9.79. The number of nitrogens with zero attached hydrogens (tertiary/aromatic N) is 2. The van der Waals surface area contributed by atoms with E-state index in [1.54, 1.807) is 6.07 Å². The van der Waals surface area contributed by atoms with Gasteiger partial charge in [0.05, 0.1) is 10.9 Å². The number of amides is 1. The second kappa shape index (κ2) is 9.50. The number of nitrogens with two attached hydrogens (primary N) is 1. The summed E-state index contributed by atoms with van der Waals surface area (Å²) < 4.78 is 21.0. The Balaban J connectivity index is 0.00000169. The van der Waals surface area contributed by atoms with Crippen molar-refractivity contribution in [3.8, 4) is 0 Å². The van der Waals surface area contributed by atoms with Gasteiger partial charge in [-0.15, -0.1) is 24.8 Å². The van der Waals surface area contributed by atoms with Crippen molar-refractivity contribution in [2.45, 2.75) is 19.3 Å². The first kappa shape index (κ1) is 22.6. The van der Waals surface area contributed by atoms with Crippen molar-refractivity contribution in [1.82, 2.24) is 14.9 Å². The van der Waals surface area contributed by atoms with Gasteiger partial charge in [-0.3, -0.25) is 4.79 Å². The van der Waals surface area contributed by atoms with E-state index in [4.69, 9.17) is 10.5 Å². The second-order valence-electron chi connectivity index (χ2n) is 6.30. The molecule has 0 aliphatic carbocycles. The third-order valence-electron chi connectivity index (χ3n) is 4.91. The molecular weight excluding hydrogens is 382 g/mol. The summed E-state index contributed by atoms with van der Waals surface area (Å²) >= 11 is 0. The number of halogens is 3. The van der Waals surface area contributed by atoms with Gasteiger partial charge in [-0.05, 0) is 25.0 Å². The van der Waals surface area contributed by atoms with E-state index in [-0.39, 0.29) is 36.5 Å². The average molecular weight is 407 g/mol. The Morgan fingerprint density at radius 1 is 1.38 bits per heavy atom. The van der Waals surface area contributed by atoms with Crippen molar-refractivity contribution < 1.29 is 13.9 Å². The summed E-state index contributed by atoms with van der Waals surface area (Å²) in [7, 11) is 1.85. The van der Waals surface area contributed by atoms with Crippen LogP contribution in [0.4, 0.5) is 4.39 Å². The highest BCUT2D eigenvalue weighted by Gasteiger charge is 2.38. The van der Waals surface area contributed by atoms with Crippen molar-refractivity contribution in [3.63, 3.8) is 0 Å². The number of aromatic nitrogens is 2. The Bertz CT molecular complexity index is 748. The Kier molecular flexibility index (Phi) is 8.27. The first-order valence-corrected chi connectivity index (χ1v) is 8.23. The number of carbonyl (C=O) groups is 1. The van der Waals surface area contributed by atoms with E-state index in [0.29, 0.717) is 51.1 Å². The zero-order chi connectivity index (χ0) is 17.2. The van der Waals surface area contributed by atoms with E-state index in [2.05, 4.69) is 10.3 Å². The quantitative estimate of drug-likeness (QED) is 0.794. The molecule has 0 radical (unpaired) electrons. The van der Waals surface area contributed by atoms with Gasteiger partial charge in [-0.25, -0.2) is 9.37 Å². The normalized spacial score (nSPS) is 15.8. The van der Waals surface area contributed by atoms with Crippen molar-refractivity contribution in [1.29, 1.82) is 0 Å². The molecule has 1 amide bonds. The Morgan fingerprint density at radius 3 is 2.69 bits per heavy atom. The molecule has 1 saturated heterocycles. The van der Waals surface area contributed by atoms with Gasteiger partial charge in [-0.2, -0.15) is 0 Å². The Morgan fingerprint density at radius 2 is 2.08 bits per heavy atom. The molecule has 2 heterocycles. The predicted molar refractivity (Wildman–Crippen MR) is 103 cm³/mol. The topological polar surface area (TPSA) is 82.2 Å². The van der Waals surface area contributed by atoms with Gasteiger partial charge in [0.15, 0.2) is 5.82 Å². The SMILES string of the molecule is Cl.Cl.Cn1c(CCNC(=O)C2(CN)CCOCC2)nc2c(F)cccc21. The number of nitrogens with one attached hydrogen (secondary N) is 1. The zero-order valence-electron chi connectivity index (χ0n) is 14.7. The van der Waals surface area contributed by atoms with Gasteiger partial charge in [-0.1, -0.05) is 6.07 Å². The molecule has 0 spiro atoms. The van der Waals surface area contributed by atoms with E-state index in [1.165, 1.54) is 6.07 Å². The van der Waals surface area contributed by atoms with E-state index in [0.717, 1.165) is 11.3 Å². The fraction of sp³-hybridized carbons (Fsp3) is 0.529. The molecule has 0 unspecified atom stereocenters. The van der Waals surface area contributed by atoms with Gasteiger partial charge < -0.3 is 20.4 Å². The number of aryl methyl sites for hydroxylation is 1. The molecule has 1 aromatic heterocycles. The molecule has 2 aromatic rings. The number of imidazole rings is 1. The van der Waals surface area contributed by atoms with E-state index in [1.807, 2.05) is 17.7 Å². The number of carbonyl (C=O) groups excluding carboxylic acids is 1. The molecule has 3 N–H and O–H groups in total. The molecular formula is C17H25Cl2FN4O2. The summed E-state index contributed by atoms with van der Waals surface area (Å²) in [6.45, 7) is 1.89. The number of ether oxygens (including phenoxy) is 1. The van der Waals surface area contributed by atoms with E-state index in [9.17, 15) is 9.18 Å². The molecule has 146 valence electrons. The highest BCUT2D eigenvalue weighted by Crippen LogP contribution is 2.29. The molecule has 0 bridgehead atoms. The van der Waals surface area contributed by atoms with Crippen LogP contribution in [-0.4, -0.2) is 41.8 Å². The molecule has 0 atom stereocenters. The summed E-state index contributed by atoms with van der Waals surface area (Å²) in [5, 5.41) is 2.96. The van der Waals surface area contributed by atoms with Gasteiger partial charge in [0.25, 0.3) is 0 Å². The first-order valence-electron chi connectivity index (χ1n) is 8.23. The van der Waals surface area contributed by atoms with Gasteiger partial charge in [0.1, 0.15) is 11.3 Å². The van der Waals surface area contributed by atoms with Crippen LogP contribution in [0.15, 0.2) is 18.2 Å². The maximum atomic E-state index is 13.8. The van der Waals surface area contributed by atoms with Crippen LogP contribution in [0.3, 0.4) is 0 Å². The molecule has 6 nitrogen and oxygen atoms in total. The number of hydrogen-bond donors (Lipinski definition) is 2. The number of benzene rings is 1. The van der Waals surface area contributed by atoms with Crippen molar-refractivity contribution in [3.05, 3.63) is 29.8 Å². The highest BCUT2D eigenvalue weighted by atomic mass is 35.5. The highest BCUT2D eigenvalue weighted by molar-refractivity contribution is 5.85. The molecule has 1 aliphatic rings. The second-order valence-corrected chi connectivity index (χ2v) is 6.30. The van der Waals surface area contributed by atoms with Crippen LogP contribution in [0.2, 0.25) is 0 Å². The van der Waals surface area contributed by atoms with Crippen molar-refractivity contribution in [2.75, 3.05) is 26.3 Å². The van der Waals surface area contributed by atoms with Gasteiger partial charge in [0, 0.05) is 39.8 Å². The van der Waals surface area contributed by atoms with Crippen LogP contribution in [0.25, 0.3) is 11.0 Å². The van der Waals surface area contributed by atoms with Crippen molar-refractivity contribution >= 4 is 41.8 Å². The van der Waals surface area contributed by atoms with Crippen LogP contribution in [0.1, 0.15) is 18.7 Å². The zero-order valence-corrected chi connectivity index (χ0v) is 16.3. The smallest absolute Gasteiger partial charge is 0.227 e. The standard InChI is InChI=1S/C17H23FN4O2.2ClH/c1-22-13-4-2-3-12(18)15(13)21-14(22)5-8-20-16(23)17(11-19)6-9-24-10-7-17;;/h2-4H,5-11,19H2,1H3,(H,20,23);2*1H. The number of rotatable bonds is 5. The minimum absolute atomic E-state index is 0. The number of fused-ring (bicyclic) bond motifs is 1. The Hall–Kier alpha value is -1.41. The van der Waals surface area contributed by atoms with Crippen LogP contribution in [-0.2, 0) is 23.0 Å². The number of para-hydroxylation sites is 1. The monoisotopic (exact) mass is 406 g/mol. The summed E-state index contributed by atoms with van der Waals surface area (Å²) in [5.41, 5.74) is 6.42. The third-order valence-corrected chi connectivity index (χ3v) is 4.91. The van der Waals surface area contributed by atoms with Crippen LogP contribution in [0.5, 0.6) is 0 Å². The Labute approximate surface area is 164 Å². The van der Waals surface area contributed by atoms with Crippen molar-refractivity contribution in [2.24, 2.45) is 18.2 Å². The third kappa shape index (κ3) is 4.28. The molecule has 9 heteroatoms. The average Bonchev–Trinajstić information content (AvgIpc) is 2.93. The van der Waals surface area contributed by atoms with Gasteiger partial charge >= 0.3 is 0 Å². The minimum atomic E-state index is -0.531. The molecule has 1 aromatic carbocycles. The molecule has 1 aliphatic heterocycles. The molecule has 0 saturated carbocycles. The first-order chi connectivity index (χ1) is 11.6. The summed E-state index contributed by atoms with van der Waals surface area (Å²) in [6.07, 6.45) is 1.83. The minimum Gasteiger partial charge on any atom is -0.381 e. The molecule has 3 rings (SSSR count). The van der Waals surface area contributed by atoms with E-state index < -0.39 is 5.41 Å². The predicted octanol–water partition coefficient (Wildman–Crippen LogP) is 1.97. The summed E-state index contributed by atoms with van der Waals surface area (Å²) in [6, 6.07) is 4.90. The van der Waals surface area contributed by atoms with Crippen LogP contribution in [0, 0.1) is 11.2 Å². The van der Waals surface area contributed by atoms with Crippen LogP contribution >= 0.6 is 24.8 Å². The fourth-order valence-corrected chi connectivity index (χ4v) is 3.21. The van der Waals surface area contributed by atoms with Gasteiger partial charge in [0.2, 0.25) is 5.91 Å². The maximum Gasteiger partial charge on any atom is 0.227 e. The maximum absolute atomic E-state index is 13.8. The lowest BCUT2D eigenvalue weighted by Crippen LogP contribution is -2.49. The summed E-state index contributed by atoms with van der Waals surface area (Å²) in [4.78, 5) is 16.9. The lowest BCUT2D eigenvalue weighted by Gasteiger charge is -2.34.